The molecule has 0 saturated carbocycles. The van der Waals surface area contributed by atoms with Crippen LogP contribution in [0.3, 0.4) is 0 Å². The number of carbonyl (C=O) groups is 1. The Morgan fingerprint density at radius 3 is 2.60 bits per heavy atom. The summed E-state index contributed by atoms with van der Waals surface area (Å²) in [5.74, 6) is 0.858. The van der Waals surface area contributed by atoms with E-state index in [4.69, 9.17) is 34.8 Å². The molecule has 0 bridgehead atoms. The van der Waals surface area contributed by atoms with E-state index >= 15 is 0 Å². The lowest BCUT2D eigenvalue weighted by Gasteiger charge is -2.11. The first kappa shape index (κ1) is 22.8. The molecule has 1 amide bonds. The van der Waals surface area contributed by atoms with Crippen molar-refractivity contribution in [1.29, 1.82) is 0 Å². The van der Waals surface area contributed by atoms with Crippen LogP contribution >= 0.6 is 46.6 Å². The number of benzene rings is 2. The number of nitrogens with one attached hydrogen (secondary N) is 1. The highest BCUT2D eigenvalue weighted by Crippen LogP contribution is 2.28. The molecule has 0 radical (unpaired) electrons. The Balaban J connectivity index is 1.59. The third-order valence-corrected chi connectivity index (χ3v) is 6.18. The molecule has 0 aliphatic heterocycles. The molecule has 8 heteroatoms. The number of aryl methyl sites for hydroxylation is 1. The van der Waals surface area contributed by atoms with Crippen LogP contribution in [0.5, 0.6) is 0 Å². The maximum atomic E-state index is 12.0. The predicted molar refractivity (Wildman–Crippen MR) is 129 cm³/mol. The summed E-state index contributed by atoms with van der Waals surface area (Å²) in [6.45, 7) is 3.96. The van der Waals surface area contributed by atoms with E-state index in [9.17, 15) is 4.79 Å². The number of amides is 1. The summed E-state index contributed by atoms with van der Waals surface area (Å²) < 4.78 is 2.03. The molecule has 1 N–H and O–H groups in total. The molecule has 1 heterocycles. The van der Waals surface area contributed by atoms with Gasteiger partial charge in [0, 0.05) is 32.7 Å². The summed E-state index contributed by atoms with van der Waals surface area (Å²) >= 11 is 19.8. The third-order valence-electron chi connectivity index (χ3n) is 4.40. The van der Waals surface area contributed by atoms with Gasteiger partial charge in [0.1, 0.15) is 0 Å². The van der Waals surface area contributed by atoms with Gasteiger partial charge in [-0.15, -0.1) is 11.8 Å². The Kier molecular flexibility index (Phi) is 7.89. The molecule has 30 heavy (non-hydrogen) atoms. The van der Waals surface area contributed by atoms with Crippen LogP contribution in [0.2, 0.25) is 15.1 Å². The normalized spacial score (nSPS) is 11.2. The van der Waals surface area contributed by atoms with Gasteiger partial charge in [0.2, 0.25) is 5.91 Å². The molecule has 0 aliphatic carbocycles. The number of nitrogens with zero attached hydrogens (tertiary/aromatic N) is 2. The number of aromatic nitrogens is 1. The van der Waals surface area contributed by atoms with Gasteiger partial charge in [0.15, 0.2) is 0 Å². The van der Waals surface area contributed by atoms with E-state index in [0.717, 1.165) is 28.2 Å². The second kappa shape index (κ2) is 10.4. The number of hydrogen-bond acceptors (Lipinski definition) is 3. The van der Waals surface area contributed by atoms with E-state index in [-0.39, 0.29) is 5.91 Å². The van der Waals surface area contributed by atoms with Crippen molar-refractivity contribution in [2.45, 2.75) is 19.6 Å². The summed E-state index contributed by atoms with van der Waals surface area (Å²) in [6, 6.07) is 15.0. The van der Waals surface area contributed by atoms with E-state index in [0.29, 0.717) is 26.6 Å². The van der Waals surface area contributed by atoms with E-state index in [1.54, 1.807) is 18.3 Å². The minimum Gasteiger partial charge on any atom is -0.316 e. The molecule has 3 aromatic rings. The molecular formula is C22H20Cl3N3OS. The van der Waals surface area contributed by atoms with Gasteiger partial charge in [-0.05, 0) is 55.8 Å². The second-order valence-electron chi connectivity index (χ2n) is 6.67. The second-order valence-corrected chi connectivity index (χ2v) is 8.94. The van der Waals surface area contributed by atoms with Crippen LogP contribution in [0.1, 0.15) is 22.5 Å². The number of hydrogen-bond donors (Lipinski definition) is 1. The van der Waals surface area contributed by atoms with E-state index in [1.807, 2.05) is 54.8 Å². The molecule has 0 aliphatic rings. The molecular weight excluding hydrogens is 461 g/mol. The first-order valence-electron chi connectivity index (χ1n) is 9.13. The first-order valence-corrected chi connectivity index (χ1v) is 11.4. The standard InChI is InChI=1S/C22H20Cl3N3OS/c1-14-8-17(15(2)28(14)21-7-6-19(24)10-20(21)25)11-26-27-22(29)13-30-12-16-4-3-5-18(23)9-16/h3-11H,12-13H2,1-2H3,(H,27,29)/b26-11+. The van der Waals surface area contributed by atoms with Crippen LogP contribution in [0.4, 0.5) is 0 Å². The van der Waals surface area contributed by atoms with Gasteiger partial charge in [0.25, 0.3) is 0 Å². The quantitative estimate of drug-likeness (QED) is 0.312. The van der Waals surface area contributed by atoms with Crippen LogP contribution in [0, 0.1) is 13.8 Å². The highest BCUT2D eigenvalue weighted by atomic mass is 35.5. The summed E-state index contributed by atoms with van der Waals surface area (Å²) in [5.41, 5.74) is 7.36. The van der Waals surface area contributed by atoms with Gasteiger partial charge < -0.3 is 4.57 Å². The molecule has 0 fully saturated rings. The lowest BCUT2D eigenvalue weighted by atomic mass is 10.2. The Hall–Kier alpha value is -1.92. The van der Waals surface area contributed by atoms with Crippen molar-refractivity contribution in [1.82, 2.24) is 9.99 Å². The maximum absolute atomic E-state index is 12.0. The smallest absolute Gasteiger partial charge is 0.250 e. The highest BCUT2D eigenvalue weighted by Gasteiger charge is 2.12. The average Bonchev–Trinajstić information content (AvgIpc) is 2.96. The van der Waals surface area contributed by atoms with Crippen molar-refractivity contribution in [3.05, 3.63) is 86.1 Å². The van der Waals surface area contributed by atoms with Crippen molar-refractivity contribution in [2.24, 2.45) is 5.10 Å². The Morgan fingerprint density at radius 1 is 1.10 bits per heavy atom. The molecule has 0 spiro atoms. The molecule has 4 nitrogen and oxygen atoms in total. The van der Waals surface area contributed by atoms with E-state index in [2.05, 4.69) is 10.5 Å². The fourth-order valence-electron chi connectivity index (χ4n) is 3.05. The monoisotopic (exact) mass is 479 g/mol. The molecule has 2 aromatic carbocycles. The van der Waals surface area contributed by atoms with Crippen molar-refractivity contribution >= 4 is 58.7 Å². The molecule has 0 saturated heterocycles. The van der Waals surface area contributed by atoms with Crippen LogP contribution in [-0.4, -0.2) is 22.4 Å². The topological polar surface area (TPSA) is 46.4 Å². The predicted octanol–water partition coefficient (Wildman–Crippen LogP) is 6.44. The number of thioether (sulfide) groups is 1. The Morgan fingerprint density at radius 2 is 1.87 bits per heavy atom. The van der Waals surface area contributed by atoms with Gasteiger partial charge in [-0.2, -0.15) is 5.10 Å². The van der Waals surface area contributed by atoms with Crippen molar-refractivity contribution in [2.75, 3.05) is 5.75 Å². The summed E-state index contributed by atoms with van der Waals surface area (Å²) in [5, 5.41) is 5.95. The minimum absolute atomic E-state index is 0.159. The third kappa shape index (κ3) is 5.82. The number of rotatable bonds is 7. The number of hydrazone groups is 1. The van der Waals surface area contributed by atoms with Gasteiger partial charge in [0.05, 0.1) is 22.7 Å². The van der Waals surface area contributed by atoms with Gasteiger partial charge in [-0.3, -0.25) is 4.79 Å². The lowest BCUT2D eigenvalue weighted by Crippen LogP contribution is -2.19. The molecule has 3 rings (SSSR count). The zero-order valence-electron chi connectivity index (χ0n) is 16.5. The number of halogens is 3. The molecule has 0 unspecified atom stereocenters. The van der Waals surface area contributed by atoms with Crippen molar-refractivity contribution in [3.63, 3.8) is 0 Å². The van der Waals surface area contributed by atoms with Gasteiger partial charge in [-0.25, -0.2) is 5.43 Å². The van der Waals surface area contributed by atoms with Gasteiger partial charge >= 0.3 is 0 Å². The van der Waals surface area contributed by atoms with Crippen LogP contribution in [0.25, 0.3) is 5.69 Å². The fraction of sp³-hybridized carbons (Fsp3) is 0.182. The van der Waals surface area contributed by atoms with Gasteiger partial charge in [-0.1, -0.05) is 46.9 Å². The molecule has 0 atom stereocenters. The zero-order valence-corrected chi connectivity index (χ0v) is 19.5. The van der Waals surface area contributed by atoms with Crippen molar-refractivity contribution in [3.8, 4) is 5.69 Å². The zero-order chi connectivity index (χ0) is 21.7. The first-order chi connectivity index (χ1) is 14.3. The maximum Gasteiger partial charge on any atom is 0.250 e. The minimum atomic E-state index is -0.159. The van der Waals surface area contributed by atoms with E-state index < -0.39 is 0 Å². The lowest BCUT2D eigenvalue weighted by molar-refractivity contribution is -0.118. The average molecular weight is 481 g/mol. The molecule has 1 aromatic heterocycles. The Labute approximate surface area is 195 Å². The Bertz CT molecular complexity index is 1100. The van der Waals surface area contributed by atoms with E-state index in [1.165, 1.54) is 11.8 Å². The summed E-state index contributed by atoms with van der Waals surface area (Å²) in [7, 11) is 0. The summed E-state index contributed by atoms with van der Waals surface area (Å²) in [6.07, 6.45) is 1.64. The summed E-state index contributed by atoms with van der Waals surface area (Å²) in [4.78, 5) is 12.0. The highest BCUT2D eigenvalue weighted by molar-refractivity contribution is 7.99. The number of carbonyl (C=O) groups excluding carboxylic acids is 1. The van der Waals surface area contributed by atoms with Crippen molar-refractivity contribution < 1.29 is 4.79 Å². The van der Waals surface area contributed by atoms with Crippen LogP contribution in [-0.2, 0) is 10.5 Å². The molecule has 156 valence electrons. The SMILES string of the molecule is Cc1cc(/C=N/NC(=O)CSCc2cccc(Cl)c2)c(C)n1-c1ccc(Cl)cc1Cl. The fourth-order valence-corrected chi connectivity index (χ4v) is 4.52. The van der Waals surface area contributed by atoms with Crippen LogP contribution < -0.4 is 5.43 Å². The van der Waals surface area contributed by atoms with Crippen LogP contribution in [0.15, 0.2) is 53.6 Å². The largest absolute Gasteiger partial charge is 0.316 e.